The molecule has 1 aromatic carbocycles. The highest BCUT2D eigenvalue weighted by Gasteiger charge is 2.38. The van der Waals surface area contributed by atoms with Gasteiger partial charge in [-0.25, -0.2) is 8.42 Å². The van der Waals surface area contributed by atoms with Crippen LogP contribution < -0.4 is 4.74 Å². The molecular weight excluding hydrogens is 450 g/mol. The fourth-order valence-electron chi connectivity index (χ4n) is 3.92. The van der Waals surface area contributed by atoms with E-state index in [2.05, 4.69) is 21.7 Å². The van der Waals surface area contributed by atoms with Gasteiger partial charge < -0.3 is 9.84 Å². The van der Waals surface area contributed by atoms with Crippen molar-refractivity contribution in [1.82, 2.24) is 14.2 Å². The molecule has 0 unspecified atom stereocenters. The summed E-state index contributed by atoms with van der Waals surface area (Å²) in [5.74, 6) is 6.62. The number of benzene rings is 1. The predicted octanol–water partition coefficient (Wildman–Crippen LogP) is 2.99. The minimum Gasteiger partial charge on any atom is -0.487 e. The van der Waals surface area contributed by atoms with E-state index < -0.39 is 16.1 Å². The molecular formula is C26H35N3O4S. The summed E-state index contributed by atoms with van der Waals surface area (Å²) in [7, 11) is -1.84. The van der Waals surface area contributed by atoms with Crippen molar-refractivity contribution in [2.75, 3.05) is 26.7 Å². The molecule has 0 saturated heterocycles. The molecule has 1 aliphatic heterocycles. The van der Waals surface area contributed by atoms with Crippen LogP contribution in [0.15, 0.2) is 47.6 Å². The molecule has 1 N–H and O–H groups in total. The summed E-state index contributed by atoms with van der Waals surface area (Å²) in [4.78, 5) is 6.34. The molecule has 3 atom stereocenters. The summed E-state index contributed by atoms with van der Waals surface area (Å²) >= 11 is 0. The summed E-state index contributed by atoms with van der Waals surface area (Å²) in [5, 5.41) is 9.79. The summed E-state index contributed by atoms with van der Waals surface area (Å²) in [5.41, 5.74) is 1.85. The van der Waals surface area contributed by atoms with Crippen LogP contribution in [0.3, 0.4) is 0 Å². The number of nitrogens with zero attached hydrogens (tertiary/aromatic N) is 3. The first-order valence-electron chi connectivity index (χ1n) is 11.6. The number of aliphatic hydroxyl groups excluding tert-OH is 1. The van der Waals surface area contributed by atoms with Gasteiger partial charge in [0, 0.05) is 55.5 Å². The van der Waals surface area contributed by atoms with Gasteiger partial charge in [-0.3, -0.25) is 9.88 Å². The van der Waals surface area contributed by atoms with Crippen LogP contribution in [0.1, 0.15) is 38.8 Å². The second-order valence-electron chi connectivity index (χ2n) is 9.38. The quantitative estimate of drug-likeness (QED) is 0.634. The predicted molar refractivity (Wildman–Crippen MR) is 133 cm³/mol. The zero-order chi connectivity index (χ0) is 24.9. The van der Waals surface area contributed by atoms with E-state index in [1.807, 2.05) is 40.0 Å². The molecule has 3 rings (SSSR count). The van der Waals surface area contributed by atoms with Crippen molar-refractivity contribution in [3.63, 3.8) is 0 Å². The van der Waals surface area contributed by atoms with Gasteiger partial charge in [0.25, 0.3) is 0 Å². The normalized spacial score (nSPS) is 21.1. The van der Waals surface area contributed by atoms with E-state index in [9.17, 15) is 13.5 Å². The molecule has 184 valence electrons. The number of aliphatic hydroxyl groups is 1. The topological polar surface area (TPSA) is 83.0 Å². The van der Waals surface area contributed by atoms with E-state index in [1.54, 1.807) is 37.5 Å². The summed E-state index contributed by atoms with van der Waals surface area (Å²) in [6, 6.07) is 8.41. The number of pyridine rings is 1. The highest BCUT2D eigenvalue weighted by atomic mass is 32.2. The van der Waals surface area contributed by atoms with Crippen LogP contribution in [0, 0.1) is 23.7 Å². The average Bonchev–Trinajstić information content (AvgIpc) is 2.80. The lowest BCUT2D eigenvalue weighted by Gasteiger charge is -2.37. The van der Waals surface area contributed by atoms with Gasteiger partial charge in [0.1, 0.15) is 16.7 Å². The standard InChI is InChI=1S/C26H35N3O4S/c1-19(2)6-7-22-8-9-26-24(14-22)33-25(17-28(5)16-23-10-12-27-13-11-23)20(3)15-29(21(4)18-30)34(26,31)32/h8-14,19-21,25,30H,15-18H2,1-5H3/t20-,21-,25+/m0/s1. The number of sulfonamides is 1. The Morgan fingerprint density at radius 2 is 1.94 bits per heavy atom. The average molecular weight is 486 g/mol. The molecule has 1 aromatic heterocycles. The maximum Gasteiger partial charge on any atom is 0.247 e. The smallest absolute Gasteiger partial charge is 0.247 e. The first-order valence-corrected chi connectivity index (χ1v) is 13.1. The SMILES string of the molecule is CC(C)C#Cc1ccc2c(c1)O[C@H](CN(C)Cc1ccncc1)[C@@H](C)CN([C@@H](C)CO)S2(=O)=O. The fourth-order valence-corrected chi connectivity index (χ4v) is 5.75. The van der Waals surface area contributed by atoms with Crippen molar-refractivity contribution in [1.29, 1.82) is 0 Å². The minimum atomic E-state index is -3.86. The van der Waals surface area contributed by atoms with Gasteiger partial charge in [-0.2, -0.15) is 4.31 Å². The van der Waals surface area contributed by atoms with Crippen molar-refractivity contribution < 1.29 is 18.3 Å². The Kier molecular flexibility index (Phi) is 8.72. The number of aromatic nitrogens is 1. The lowest BCUT2D eigenvalue weighted by Crippen LogP contribution is -2.49. The van der Waals surface area contributed by atoms with E-state index in [1.165, 1.54) is 4.31 Å². The first kappa shape index (κ1) is 26.2. The zero-order valence-corrected chi connectivity index (χ0v) is 21.4. The third-order valence-electron chi connectivity index (χ3n) is 5.87. The van der Waals surface area contributed by atoms with Crippen LogP contribution in [-0.2, 0) is 16.6 Å². The van der Waals surface area contributed by atoms with Crippen LogP contribution in [0.2, 0.25) is 0 Å². The highest BCUT2D eigenvalue weighted by Crippen LogP contribution is 2.34. The number of likely N-dealkylation sites (N-methyl/N-ethyl adjacent to an activating group) is 1. The number of fused-ring (bicyclic) bond motifs is 1. The second kappa shape index (κ2) is 11.3. The van der Waals surface area contributed by atoms with Crippen LogP contribution in [0.4, 0.5) is 0 Å². The number of ether oxygens (including phenoxy) is 1. The molecule has 0 spiro atoms. The highest BCUT2D eigenvalue weighted by molar-refractivity contribution is 7.89. The third kappa shape index (κ3) is 6.36. The Labute approximate surface area is 203 Å². The van der Waals surface area contributed by atoms with E-state index >= 15 is 0 Å². The van der Waals surface area contributed by atoms with E-state index in [0.717, 1.165) is 12.1 Å². The van der Waals surface area contributed by atoms with Crippen molar-refractivity contribution in [2.24, 2.45) is 11.8 Å². The summed E-state index contributed by atoms with van der Waals surface area (Å²) in [6.07, 6.45) is 3.28. The molecule has 2 aromatic rings. The van der Waals surface area contributed by atoms with Gasteiger partial charge in [-0.05, 0) is 49.9 Å². The van der Waals surface area contributed by atoms with Gasteiger partial charge >= 0.3 is 0 Å². The van der Waals surface area contributed by atoms with Crippen molar-refractivity contribution in [3.8, 4) is 17.6 Å². The first-order chi connectivity index (χ1) is 16.1. The van der Waals surface area contributed by atoms with Crippen LogP contribution in [-0.4, -0.2) is 66.6 Å². The van der Waals surface area contributed by atoms with E-state index in [-0.39, 0.29) is 36.0 Å². The lowest BCUT2D eigenvalue weighted by molar-refractivity contribution is 0.0733. The Morgan fingerprint density at radius 1 is 1.24 bits per heavy atom. The maximum absolute atomic E-state index is 13.6. The van der Waals surface area contributed by atoms with Gasteiger partial charge in [-0.15, -0.1) is 0 Å². The zero-order valence-electron chi connectivity index (χ0n) is 20.6. The van der Waals surface area contributed by atoms with Gasteiger partial charge in [0.2, 0.25) is 10.0 Å². The fraction of sp³-hybridized carbons (Fsp3) is 0.500. The Hall–Kier alpha value is -2.44. The Balaban J connectivity index is 1.99. The molecule has 7 nitrogen and oxygen atoms in total. The van der Waals surface area contributed by atoms with Crippen molar-refractivity contribution >= 4 is 10.0 Å². The maximum atomic E-state index is 13.6. The monoisotopic (exact) mass is 485 g/mol. The molecule has 1 aliphatic rings. The number of rotatable bonds is 6. The van der Waals surface area contributed by atoms with Crippen molar-refractivity contribution in [2.45, 2.75) is 51.3 Å². The Morgan fingerprint density at radius 3 is 2.59 bits per heavy atom. The third-order valence-corrected chi connectivity index (χ3v) is 7.89. The molecule has 2 heterocycles. The second-order valence-corrected chi connectivity index (χ2v) is 11.2. The van der Waals surface area contributed by atoms with Gasteiger partial charge in [-0.1, -0.05) is 32.6 Å². The summed E-state index contributed by atoms with van der Waals surface area (Å²) in [6.45, 7) is 9.05. The van der Waals surface area contributed by atoms with Gasteiger partial charge in [0.15, 0.2) is 0 Å². The largest absolute Gasteiger partial charge is 0.487 e. The van der Waals surface area contributed by atoms with Crippen LogP contribution >= 0.6 is 0 Å². The Bertz CT molecular complexity index is 1130. The molecule has 0 saturated carbocycles. The lowest BCUT2D eigenvalue weighted by atomic mass is 10.0. The van der Waals surface area contributed by atoms with Gasteiger partial charge in [0.05, 0.1) is 6.61 Å². The molecule has 0 aliphatic carbocycles. The molecule has 0 bridgehead atoms. The minimum absolute atomic E-state index is 0.108. The number of hydrogen-bond donors (Lipinski definition) is 1. The molecule has 0 fully saturated rings. The number of hydrogen-bond acceptors (Lipinski definition) is 6. The molecule has 0 amide bonds. The molecule has 8 heteroatoms. The molecule has 0 radical (unpaired) electrons. The summed E-state index contributed by atoms with van der Waals surface area (Å²) < 4.78 is 34.9. The van der Waals surface area contributed by atoms with E-state index in [0.29, 0.717) is 17.9 Å². The molecule has 34 heavy (non-hydrogen) atoms. The van der Waals surface area contributed by atoms with Crippen LogP contribution in [0.5, 0.6) is 5.75 Å². The van der Waals surface area contributed by atoms with E-state index in [4.69, 9.17) is 4.74 Å². The van der Waals surface area contributed by atoms with Crippen molar-refractivity contribution in [3.05, 3.63) is 53.9 Å². The van der Waals surface area contributed by atoms with Crippen LogP contribution in [0.25, 0.3) is 0 Å².